The van der Waals surface area contributed by atoms with E-state index in [-0.39, 0.29) is 31.6 Å². The fourth-order valence-electron chi connectivity index (χ4n) is 11.6. The van der Waals surface area contributed by atoms with Crippen LogP contribution in [0.2, 0.25) is 0 Å². The van der Waals surface area contributed by atoms with Crippen molar-refractivity contribution in [1.82, 2.24) is 24.7 Å². The Morgan fingerprint density at radius 2 is 1.06 bits per heavy atom. The number of esters is 1. The predicted octanol–water partition coefficient (Wildman–Crippen LogP) is 10.6. The smallest absolute Gasteiger partial charge is 0.416 e. The summed E-state index contributed by atoms with van der Waals surface area (Å²) in [7, 11) is 1.38. The number of hydrogen-bond donors (Lipinski definition) is 0. The molecule has 0 radical (unpaired) electrons. The molecule has 4 atom stereocenters. The second-order valence-electron chi connectivity index (χ2n) is 21.4. The fraction of sp³-hybridized carbons (Fsp3) is 0.569. The third kappa shape index (κ3) is 14.0. The number of cyclic esters (lactones) is 2. The summed E-state index contributed by atoms with van der Waals surface area (Å²) in [6, 6.07) is 11.3. The summed E-state index contributed by atoms with van der Waals surface area (Å²) in [6.45, 7) is 20.6. The molecule has 0 saturated carbocycles. The van der Waals surface area contributed by atoms with Gasteiger partial charge in [0.15, 0.2) is 0 Å². The zero-order valence-electron chi connectivity index (χ0n) is 46.9. The lowest BCUT2D eigenvalue weighted by atomic mass is 9.98. The quantitative estimate of drug-likeness (QED) is 0.0633. The molecule has 5 saturated heterocycles. The summed E-state index contributed by atoms with van der Waals surface area (Å²) in [5.41, 5.74) is 3.68. The molecule has 436 valence electrons. The summed E-state index contributed by atoms with van der Waals surface area (Å²) in [5.74, 6) is 1.33. The van der Waals surface area contributed by atoms with Crippen LogP contribution in [0.15, 0.2) is 60.9 Å². The van der Waals surface area contributed by atoms with Gasteiger partial charge in [-0.2, -0.15) is 26.3 Å². The standard InChI is InChI=1S/C32H42F3N5O5.C26H32F3N3O3/c1-5-39(26-6-12-44-13-7-26)30-24(17-27(18-36-30)38-10-8-37(9-11-38)20-28(41)43-4)19-40-22(3)29(45-31(40)42)23-14-21(2)15-25(16-23)32(33,34)35;1-5-31(22-6-8-34-9-7-22)24-20(11-17(3)14-30-24)15-32-18(4)23(35-25(32)33)19-10-16(2)12-21(13-19)26(27,28)29/h14-18,22,26,29H,5-13,19-20H2,1-4H3;10-14,18,22-23H,5-9,15H2,1-4H3/t22-,29-;18-,23-/m00/s1. The van der Waals surface area contributed by atoms with Gasteiger partial charge >= 0.3 is 30.5 Å². The van der Waals surface area contributed by atoms with E-state index in [1.807, 2.05) is 37.2 Å². The third-order valence-electron chi connectivity index (χ3n) is 15.8. The number of piperazine rings is 1. The maximum absolute atomic E-state index is 13.6. The number of carbonyl (C=O) groups is 3. The van der Waals surface area contributed by atoms with Crippen LogP contribution in [0, 0.1) is 20.8 Å². The molecule has 0 N–H and O–H groups in total. The molecule has 2 aromatic carbocycles. The van der Waals surface area contributed by atoms with Crippen LogP contribution in [0.3, 0.4) is 0 Å². The topological polar surface area (TPSA) is 143 Å². The van der Waals surface area contributed by atoms with Gasteiger partial charge in [0.05, 0.1) is 61.8 Å². The van der Waals surface area contributed by atoms with Gasteiger partial charge < -0.3 is 38.4 Å². The molecule has 80 heavy (non-hydrogen) atoms. The van der Waals surface area contributed by atoms with Gasteiger partial charge in [-0.3, -0.25) is 19.5 Å². The molecule has 0 aliphatic carbocycles. The number of aromatic nitrogens is 2. The number of amides is 2. The highest BCUT2D eigenvalue weighted by Gasteiger charge is 2.44. The van der Waals surface area contributed by atoms with E-state index in [9.17, 15) is 40.7 Å². The van der Waals surface area contributed by atoms with Crippen molar-refractivity contribution in [2.24, 2.45) is 0 Å². The van der Waals surface area contributed by atoms with E-state index >= 15 is 0 Å². The minimum absolute atomic E-state index is 0.187. The normalized spacial score (nSPS) is 21.5. The minimum Gasteiger partial charge on any atom is -0.468 e. The highest BCUT2D eigenvalue weighted by atomic mass is 19.4. The third-order valence-corrected chi connectivity index (χ3v) is 15.8. The lowest BCUT2D eigenvalue weighted by molar-refractivity contribution is -0.142. The minimum atomic E-state index is -4.51. The van der Waals surface area contributed by atoms with Crippen LogP contribution in [-0.2, 0) is 53.9 Å². The Balaban J connectivity index is 0.000000217. The van der Waals surface area contributed by atoms with Crippen molar-refractivity contribution in [2.75, 3.05) is 94.1 Å². The molecule has 5 fully saturated rings. The number of hydrogen-bond acceptors (Lipinski definition) is 14. The van der Waals surface area contributed by atoms with E-state index in [4.69, 9.17) is 33.7 Å². The van der Waals surface area contributed by atoms with Crippen LogP contribution in [0.1, 0.15) is 116 Å². The van der Waals surface area contributed by atoms with Gasteiger partial charge in [-0.15, -0.1) is 0 Å². The highest BCUT2D eigenvalue weighted by molar-refractivity contribution is 5.73. The number of benzene rings is 2. The van der Waals surface area contributed by atoms with Crippen molar-refractivity contribution in [3.63, 3.8) is 0 Å². The summed E-state index contributed by atoms with van der Waals surface area (Å²) in [4.78, 5) is 59.6. The van der Waals surface area contributed by atoms with Crippen molar-refractivity contribution < 1.29 is 64.4 Å². The van der Waals surface area contributed by atoms with Crippen LogP contribution < -0.4 is 14.7 Å². The average Bonchev–Trinajstić information content (AvgIpc) is 3.92. The fourth-order valence-corrected chi connectivity index (χ4v) is 11.6. The van der Waals surface area contributed by atoms with E-state index in [0.29, 0.717) is 87.4 Å². The Hall–Kier alpha value is -6.39. The molecule has 2 amide bonds. The van der Waals surface area contributed by atoms with Crippen molar-refractivity contribution in [1.29, 1.82) is 0 Å². The molecule has 9 rings (SSSR count). The number of aryl methyl sites for hydroxylation is 3. The lowest BCUT2D eigenvalue weighted by Gasteiger charge is -2.38. The first-order chi connectivity index (χ1) is 38.1. The maximum atomic E-state index is 13.6. The van der Waals surface area contributed by atoms with Crippen LogP contribution in [-0.4, -0.2) is 146 Å². The van der Waals surface area contributed by atoms with Gasteiger partial charge in [-0.05, 0) is 127 Å². The first-order valence-corrected chi connectivity index (χ1v) is 27.6. The number of nitrogens with zero attached hydrogens (tertiary/aromatic N) is 8. The molecule has 0 bridgehead atoms. The Kier molecular flexibility index (Phi) is 19.1. The maximum Gasteiger partial charge on any atom is 0.416 e. The number of pyridine rings is 2. The van der Waals surface area contributed by atoms with Crippen molar-refractivity contribution in [3.05, 3.63) is 111 Å². The second kappa shape index (κ2) is 25.6. The monoisotopic (exact) mass is 1120 g/mol. The van der Waals surface area contributed by atoms with Crippen LogP contribution in [0.25, 0.3) is 0 Å². The molecule has 4 aromatic rings. The van der Waals surface area contributed by atoms with E-state index < -0.39 is 60.0 Å². The molecule has 7 heterocycles. The summed E-state index contributed by atoms with van der Waals surface area (Å²) >= 11 is 0. The molecule has 5 aliphatic rings. The Morgan fingerprint density at radius 3 is 1.49 bits per heavy atom. The summed E-state index contributed by atoms with van der Waals surface area (Å²) in [6.07, 6.45) is -4.53. The van der Waals surface area contributed by atoms with Crippen molar-refractivity contribution in [3.8, 4) is 0 Å². The van der Waals surface area contributed by atoms with E-state index in [1.54, 1.807) is 42.7 Å². The van der Waals surface area contributed by atoms with E-state index in [0.717, 1.165) is 90.5 Å². The lowest BCUT2D eigenvalue weighted by Crippen LogP contribution is -2.48. The van der Waals surface area contributed by atoms with Gasteiger partial charge in [-0.25, -0.2) is 19.6 Å². The van der Waals surface area contributed by atoms with Crippen LogP contribution in [0.4, 0.5) is 53.3 Å². The number of ether oxygens (including phenoxy) is 5. The SMILES string of the molecule is CCN(c1ncc(C)cc1CN1C(=O)O[C@H](c2cc(C)cc(C(F)(F)F)c2)[C@@H]1C)C1CCOCC1.CCN(c1ncc(N2CCN(CC(=O)OC)CC2)cc1CN1C(=O)O[C@H](c2cc(C)cc(C(F)(F)F)c2)[C@@H]1C)C1CCOCC1. The van der Waals surface area contributed by atoms with Crippen LogP contribution >= 0.6 is 0 Å². The molecular formula is C58H74F6N8O8. The predicted molar refractivity (Wildman–Crippen MR) is 288 cm³/mol. The summed E-state index contributed by atoms with van der Waals surface area (Å²) in [5, 5.41) is 0. The zero-order valence-corrected chi connectivity index (χ0v) is 46.9. The molecule has 0 unspecified atom stereocenters. The molecular weight excluding hydrogens is 1050 g/mol. The Labute approximate surface area is 464 Å². The van der Waals surface area contributed by atoms with Gasteiger partial charge in [0.2, 0.25) is 0 Å². The number of halogens is 6. The van der Waals surface area contributed by atoms with Crippen molar-refractivity contribution in [2.45, 2.75) is 136 Å². The number of rotatable bonds is 15. The molecule has 0 spiro atoms. The van der Waals surface area contributed by atoms with Crippen LogP contribution in [0.5, 0.6) is 0 Å². The van der Waals surface area contributed by atoms with E-state index in [2.05, 4.69) is 34.6 Å². The van der Waals surface area contributed by atoms with E-state index in [1.165, 1.54) is 7.11 Å². The molecule has 16 nitrogen and oxygen atoms in total. The van der Waals surface area contributed by atoms with Gasteiger partial charge in [0, 0.05) is 95.1 Å². The Morgan fingerprint density at radius 1 is 0.625 bits per heavy atom. The number of alkyl halides is 6. The zero-order chi connectivity index (χ0) is 57.6. The highest BCUT2D eigenvalue weighted by Crippen LogP contribution is 2.41. The molecule has 5 aliphatic heterocycles. The Bertz CT molecular complexity index is 2800. The molecule has 22 heteroatoms. The summed E-state index contributed by atoms with van der Waals surface area (Å²) < 4.78 is 108. The van der Waals surface area contributed by atoms with Gasteiger partial charge in [-0.1, -0.05) is 23.3 Å². The number of methoxy groups -OCH3 is 1. The van der Waals surface area contributed by atoms with Crippen molar-refractivity contribution >= 4 is 35.5 Å². The first-order valence-electron chi connectivity index (χ1n) is 27.6. The van der Waals surface area contributed by atoms with Gasteiger partial charge in [0.25, 0.3) is 0 Å². The number of carbonyl (C=O) groups excluding carboxylic acids is 3. The second-order valence-corrected chi connectivity index (χ2v) is 21.4. The average molecular weight is 1130 g/mol. The van der Waals surface area contributed by atoms with Gasteiger partial charge in [0.1, 0.15) is 23.8 Å². The molecule has 2 aromatic heterocycles. The largest absolute Gasteiger partial charge is 0.468 e. The first kappa shape index (κ1) is 59.7. The number of anilines is 3.